The molecule has 0 aliphatic carbocycles. The predicted octanol–water partition coefficient (Wildman–Crippen LogP) is 1.50. The number of ether oxygens (including phenoxy) is 2. The maximum atomic E-state index is 12.0. The molecule has 0 amide bonds. The van der Waals surface area contributed by atoms with Crippen molar-refractivity contribution in [3.8, 4) is 11.6 Å². The lowest BCUT2D eigenvalue weighted by molar-refractivity contribution is -0.274. The number of hydrogen-bond acceptors (Lipinski definition) is 6. The van der Waals surface area contributed by atoms with Crippen LogP contribution < -0.4 is 15.2 Å². The molecule has 0 bridgehead atoms. The second kappa shape index (κ2) is 4.69. The first-order valence-corrected chi connectivity index (χ1v) is 6.40. The van der Waals surface area contributed by atoms with Gasteiger partial charge in [0.2, 0.25) is 5.88 Å². The van der Waals surface area contributed by atoms with Crippen molar-refractivity contribution in [1.82, 2.24) is 4.98 Å². The summed E-state index contributed by atoms with van der Waals surface area (Å²) in [6.07, 6.45) is -4.47. The molecular formula is C7H6ClF3N2O4S. The standard InChI is InChI=1S/C7H6ClF3N2O4S/c1-16-6-5(18(8,14)15)4(12)3(2-13-6)17-7(9,10)11/h2H,1H3,(H2,12,13). The highest BCUT2D eigenvalue weighted by atomic mass is 35.7. The van der Waals surface area contributed by atoms with Crippen molar-refractivity contribution in [2.45, 2.75) is 11.3 Å². The third kappa shape index (κ3) is 3.29. The number of aromatic nitrogens is 1. The smallest absolute Gasteiger partial charge is 0.480 e. The number of nitrogens with zero attached hydrogens (tertiary/aromatic N) is 1. The number of hydrogen-bond donors (Lipinski definition) is 1. The molecule has 0 fully saturated rings. The van der Waals surface area contributed by atoms with Crippen molar-refractivity contribution in [1.29, 1.82) is 0 Å². The van der Waals surface area contributed by atoms with Crippen LogP contribution in [0, 0.1) is 0 Å². The van der Waals surface area contributed by atoms with Crippen molar-refractivity contribution in [3.05, 3.63) is 6.20 Å². The molecule has 0 atom stereocenters. The van der Waals surface area contributed by atoms with Crippen molar-refractivity contribution in [3.63, 3.8) is 0 Å². The van der Waals surface area contributed by atoms with Gasteiger partial charge in [-0.15, -0.1) is 13.2 Å². The largest absolute Gasteiger partial charge is 0.573 e. The van der Waals surface area contributed by atoms with Gasteiger partial charge >= 0.3 is 6.36 Å². The molecule has 11 heteroatoms. The lowest BCUT2D eigenvalue weighted by Gasteiger charge is -2.13. The summed E-state index contributed by atoms with van der Waals surface area (Å²) in [4.78, 5) is 2.44. The Balaban J connectivity index is 3.45. The molecular weight excluding hydrogens is 301 g/mol. The zero-order valence-electron chi connectivity index (χ0n) is 8.66. The van der Waals surface area contributed by atoms with E-state index in [-0.39, 0.29) is 0 Å². The lowest BCUT2D eigenvalue weighted by Crippen LogP contribution is -2.19. The van der Waals surface area contributed by atoms with E-state index in [0.29, 0.717) is 6.20 Å². The summed E-state index contributed by atoms with van der Waals surface area (Å²) < 4.78 is 66.4. The van der Waals surface area contributed by atoms with Crippen LogP contribution in [0.2, 0.25) is 0 Å². The molecule has 2 N–H and O–H groups in total. The highest BCUT2D eigenvalue weighted by molar-refractivity contribution is 8.14. The monoisotopic (exact) mass is 306 g/mol. The van der Waals surface area contributed by atoms with Gasteiger partial charge in [0.25, 0.3) is 9.05 Å². The fourth-order valence-corrected chi connectivity index (χ4v) is 2.21. The summed E-state index contributed by atoms with van der Waals surface area (Å²) in [7, 11) is 1.64. The number of anilines is 1. The first kappa shape index (κ1) is 14.6. The van der Waals surface area contributed by atoms with Crippen molar-refractivity contribution >= 4 is 25.4 Å². The van der Waals surface area contributed by atoms with E-state index in [9.17, 15) is 21.6 Å². The van der Waals surface area contributed by atoms with Crippen LogP contribution in [0.4, 0.5) is 18.9 Å². The SMILES string of the molecule is COc1ncc(OC(F)(F)F)c(N)c1S(=O)(=O)Cl. The Bertz CT molecular complexity index is 561. The topological polar surface area (TPSA) is 91.5 Å². The van der Waals surface area contributed by atoms with Crippen LogP contribution in [0.15, 0.2) is 11.1 Å². The third-order valence-electron chi connectivity index (χ3n) is 1.67. The molecule has 6 nitrogen and oxygen atoms in total. The van der Waals surface area contributed by atoms with Gasteiger partial charge in [-0.1, -0.05) is 0 Å². The fourth-order valence-electron chi connectivity index (χ4n) is 1.06. The summed E-state index contributed by atoms with van der Waals surface area (Å²) in [5, 5.41) is 0. The second-order valence-corrected chi connectivity index (χ2v) is 5.36. The molecule has 1 rings (SSSR count). The van der Waals surface area contributed by atoms with Crippen LogP contribution in [0.1, 0.15) is 0 Å². The van der Waals surface area contributed by atoms with Gasteiger partial charge in [0.1, 0.15) is 5.69 Å². The van der Waals surface area contributed by atoms with Crippen molar-refractivity contribution < 1.29 is 31.1 Å². The lowest BCUT2D eigenvalue weighted by atomic mass is 10.4. The molecule has 102 valence electrons. The average molecular weight is 307 g/mol. The molecule has 0 unspecified atom stereocenters. The zero-order chi connectivity index (χ0) is 14.1. The number of halogens is 4. The Labute approximate surface area is 104 Å². The Morgan fingerprint density at radius 1 is 1.44 bits per heavy atom. The van der Waals surface area contributed by atoms with E-state index in [2.05, 4.69) is 14.5 Å². The number of methoxy groups -OCH3 is 1. The minimum absolute atomic E-state index is 0.531. The summed E-state index contributed by atoms with van der Waals surface area (Å²) >= 11 is 0. The Morgan fingerprint density at radius 3 is 2.39 bits per heavy atom. The van der Waals surface area contributed by atoms with Crippen LogP contribution in [-0.2, 0) is 9.05 Å². The highest BCUT2D eigenvalue weighted by Gasteiger charge is 2.34. The molecule has 1 heterocycles. The first-order chi connectivity index (χ1) is 8.06. The number of rotatable bonds is 3. The maximum absolute atomic E-state index is 12.0. The number of nitrogen functional groups attached to an aromatic ring is 1. The molecule has 0 aromatic carbocycles. The van der Waals surface area contributed by atoms with Gasteiger partial charge in [0.15, 0.2) is 10.6 Å². The van der Waals surface area contributed by atoms with Crippen molar-refractivity contribution in [2.24, 2.45) is 0 Å². The first-order valence-electron chi connectivity index (χ1n) is 4.09. The van der Waals surface area contributed by atoms with Crippen LogP contribution in [-0.4, -0.2) is 26.9 Å². The Morgan fingerprint density at radius 2 is 2.00 bits per heavy atom. The van der Waals surface area contributed by atoms with Gasteiger partial charge in [-0.2, -0.15) is 0 Å². The highest BCUT2D eigenvalue weighted by Crippen LogP contribution is 2.38. The van der Waals surface area contributed by atoms with E-state index in [0.717, 1.165) is 7.11 Å². The van der Waals surface area contributed by atoms with E-state index in [4.69, 9.17) is 16.4 Å². The molecule has 18 heavy (non-hydrogen) atoms. The van der Waals surface area contributed by atoms with Gasteiger partial charge < -0.3 is 15.2 Å². The molecule has 0 spiro atoms. The van der Waals surface area contributed by atoms with Crippen molar-refractivity contribution in [2.75, 3.05) is 12.8 Å². The molecule has 0 aliphatic rings. The molecule has 0 saturated carbocycles. The summed E-state index contributed by atoms with van der Waals surface area (Å²) in [5.41, 5.74) is 4.41. The summed E-state index contributed by atoms with van der Waals surface area (Å²) in [6.45, 7) is 0. The summed E-state index contributed by atoms with van der Waals surface area (Å²) in [5.74, 6) is -1.51. The van der Waals surface area contributed by atoms with E-state index in [1.54, 1.807) is 0 Å². The summed E-state index contributed by atoms with van der Waals surface area (Å²) in [6, 6.07) is 0. The minimum Gasteiger partial charge on any atom is -0.480 e. The van der Waals surface area contributed by atoms with Crippen LogP contribution in [0.3, 0.4) is 0 Å². The second-order valence-electron chi connectivity index (χ2n) is 2.86. The normalized spacial score (nSPS) is 12.3. The van der Waals surface area contributed by atoms with Crippen LogP contribution in [0.25, 0.3) is 0 Å². The van der Waals surface area contributed by atoms with Gasteiger partial charge in [0, 0.05) is 10.7 Å². The van der Waals surface area contributed by atoms with E-state index in [1.807, 2.05) is 0 Å². The van der Waals surface area contributed by atoms with Crippen LogP contribution >= 0.6 is 10.7 Å². The maximum Gasteiger partial charge on any atom is 0.573 e. The average Bonchev–Trinajstić information content (AvgIpc) is 2.16. The molecule has 0 saturated heterocycles. The number of alkyl halides is 3. The van der Waals surface area contributed by atoms with E-state index >= 15 is 0 Å². The van der Waals surface area contributed by atoms with Gasteiger partial charge in [-0.25, -0.2) is 13.4 Å². The predicted molar refractivity (Wildman–Crippen MR) is 54.9 cm³/mol. The zero-order valence-corrected chi connectivity index (χ0v) is 10.2. The quantitative estimate of drug-likeness (QED) is 0.851. The number of nitrogens with two attached hydrogens (primary N) is 1. The van der Waals surface area contributed by atoms with E-state index < -0.39 is 37.6 Å². The van der Waals surface area contributed by atoms with Crippen LogP contribution in [0.5, 0.6) is 11.6 Å². The number of pyridine rings is 1. The minimum atomic E-state index is -5.04. The fraction of sp³-hybridized carbons (Fsp3) is 0.286. The van der Waals surface area contributed by atoms with E-state index in [1.165, 1.54) is 0 Å². The van der Waals surface area contributed by atoms with Gasteiger partial charge in [-0.3, -0.25) is 0 Å². The van der Waals surface area contributed by atoms with Gasteiger partial charge in [0.05, 0.1) is 13.3 Å². The third-order valence-corrected chi connectivity index (χ3v) is 3.01. The molecule has 0 aliphatic heterocycles. The van der Waals surface area contributed by atoms with Gasteiger partial charge in [-0.05, 0) is 0 Å². The molecule has 0 radical (unpaired) electrons. The Hall–Kier alpha value is -1.42. The Kier molecular flexibility index (Phi) is 3.81. The molecule has 1 aromatic rings. The molecule has 1 aromatic heterocycles.